The zero-order chi connectivity index (χ0) is 17.5. The fourth-order valence-corrected chi connectivity index (χ4v) is 3.11. The van der Waals surface area contributed by atoms with Gasteiger partial charge in [0, 0.05) is 6.42 Å². The zero-order valence-electron chi connectivity index (χ0n) is 16.5. The van der Waals surface area contributed by atoms with Gasteiger partial charge in [-0.2, -0.15) is 0 Å². The molecule has 0 aromatic carbocycles. The van der Waals surface area contributed by atoms with Crippen molar-refractivity contribution in [1.82, 2.24) is 0 Å². The highest BCUT2D eigenvalue weighted by atomic mass is 16.5. The third-order valence-electron chi connectivity index (χ3n) is 4.85. The molecule has 0 radical (unpaired) electrons. The average Bonchev–Trinajstić information content (AvgIpc) is 2.52. The van der Waals surface area contributed by atoms with Crippen LogP contribution in [-0.2, 0) is 9.53 Å². The van der Waals surface area contributed by atoms with Gasteiger partial charge in [-0.05, 0) is 30.6 Å². The molecule has 23 heavy (non-hydrogen) atoms. The van der Waals surface area contributed by atoms with Crippen molar-refractivity contribution in [1.29, 1.82) is 0 Å². The van der Waals surface area contributed by atoms with E-state index in [4.69, 9.17) is 4.74 Å². The predicted molar refractivity (Wildman–Crippen MR) is 101 cm³/mol. The molecule has 0 aliphatic carbocycles. The van der Waals surface area contributed by atoms with Gasteiger partial charge in [-0.3, -0.25) is 4.79 Å². The summed E-state index contributed by atoms with van der Waals surface area (Å²) in [6.45, 7) is 11.9. The van der Waals surface area contributed by atoms with E-state index < -0.39 is 0 Å². The highest BCUT2D eigenvalue weighted by molar-refractivity contribution is 5.69. The summed E-state index contributed by atoms with van der Waals surface area (Å²) in [5.41, 5.74) is 0. The second kappa shape index (κ2) is 15.0. The van der Waals surface area contributed by atoms with Crippen LogP contribution in [0.15, 0.2) is 0 Å². The Morgan fingerprint density at radius 2 is 1.52 bits per heavy atom. The molecule has 0 aliphatic heterocycles. The Morgan fingerprint density at radius 1 is 0.826 bits per heavy atom. The molecular formula is C21H42O2. The monoisotopic (exact) mass is 326 g/mol. The van der Waals surface area contributed by atoms with Crippen LogP contribution in [0.25, 0.3) is 0 Å². The molecule has 138 valence electrons. The quantitative estimate of drug-likeness (QED) is 0.245. The third-order valence-corrected chi connectivity index (χ3v) is 4.85. The Balaban J connectivity index is 3.81. The van der Waals surface area contributed by atoms with Crippen LogP contribution < -0.4 is 0 Å². The number of esters is 1. The van der Waals surface area contributed by atoms with Gasteiger partial charge in [-0.15, -0.1) is 0 Å². The summed E-state index contributed by atoms with van der Waals surface area (Å²) >= 11 is 0. The van der Waals surface area contributed by atoms with Crippen molar-refractivity contribution in [3.63, 3.8) is 0 Å². The van der Waals surface area contributed by atoms with Gasteiger partial charge in [0.05, 0.1) is 6.61 Å². The third kappa shape index (κ3) is 13.6. The van der Waals surface area contributed by atoms with Crippen LogP contribution in [-0.4, -0.2) is 12.6 Å². The van der Waals surface area contributed by atoms with E-state index in [9.17, 15) is 4.79 Å². The van der Waals surface area contributed by atoms with E-state index in [1.165, 1.54) is 51.4 Å². The van der Waals surface area contributed by atoms with E-state index in [0.717, 1.165) is 18.8 Å². The summed E-state index contributed by atoms with van der Waals surface area (Å²) < 4.78 is 5.56. The Morgan fingerprint density at radius 3 is 2.13 bits per heavy atom. The molecule has 2 heteroatoms. The zero-order valence-corrected chi connectivity index (χ0v) is 16.5. The normalized spacial score (nSPS) is 14.0. The standard InChI is InChI=1S/C21H42O2/c1-6-8-15-19(5)20(13-7-2)17-23-21(22)16-12-10-9-11-14-18(3)4/h18-20H,6-17H2,1-5H3. The van der Waals surface area contributed by atoms with Crippen LogP contribution in [0.3, 0.4) is 0 Å². The molecule has 2 unspecified atom stereocenters. The molecule has 0 rings (SSSR count). The molecule has 0 aromatic heterocycles. The van der Waals surface area contributed by atoms with Crippen molar-refractivity contribution in [2.75, 3.05) is 6.61 Å². The summed E-state index contributed by atoms with van der Waals surface area (Å²) in [4.78, 5) is 11.9. The fraction of sp³-hybridized carbons (Fsp3) is 0.952. The molecule has 2 nitrogen and oxygen atoms in total. The van der Waals surface area contributed by atoms with E-state index in [1.807, 2.05) is 0 Å². The van der Waals surface area contributed by atoms with Crippen molar-refractivity contribution in [3.05, 3.63) is 0 Å². The van der Waals surface area contributed by atoms with Crippen molar-refractivity contribution in [3.8, 4) is 0 Å². The topological polar surface area (TPSA) is 26.3 Å². The summed E-state index contributed by atoms with van der Waals surface area (Å²) in [7, 11) is 0. The maximum absolute atomic E-state index is 11.9. The highest BCUT2D eigenvalue weighted by Gasteiger charge is 2.18. The van der Waals surface area contributed by atoms with Gasteiger partial charge in [0.25, 0.3) is 0 Å². The van der Waals surface area contributed by atoms with E-state index in [-0.39, 0.29) is 5.97 Å². The van der Waals surface area contributed by atoms with Crippen LogP contribution in [0.2, 0.25) is 0 Å². The van der Waals surface area contributed by atoms with E-state index in [0.29, 0.717) is 24.9 Å². The van der Waals surface area contributed by atoms with Gasteiger partial charge in [0.2, 0.25) is 0 Å². The van der Waals surface area contributed by atoms with Gasteiger partial charge in [-0.25, -0.2) is 0 Å². The maximum atomic E-state index is 11.9. The van der Waals surface area contributed by atoms with E-state index >= 15 is 0 Å². The van der Waals surface area contributed by atoms with Crippen LogP contribution in [0.4, 0.5) is 0 Å². The molecule has 0 aromatic rings. The lowest BCUT2D eigenvalue weighted by molar-refractivity contribution is -0.145. The molecule has 0 spiro atoms. The molecule has 0 amide bonds. The number of carbonyl (C=O) groups excluding carboxylic acids is 1. The molecule has 0 saturated heterocycles. The molecule has 0 fully saturated rings. The molecule has 0 saturated carbocycles. The lowest BCUT2D eigenvalue weighted by Crippen LogP contribution is -2.20. The number of rotatable bonds is 15. The molecule has 0 heterocycles. The minimum absolute atomic E-state index is 0.0117. The largest absolute Gasteiger partial charge is 0.465 e. The Bertz CT molecular complexity index is 273. The van der Waals surface area contributed by atoms with Gasteiger partial charge in [0.15, 0.2) is 0 Å². The minimum atomic E-state index is 0.0117. The summed E-state index contributed by atoms with van der Waals surface area (Å²) in [6.07, 6.45) is 12.7. The van der Waals surface area contributed by atoms with Gasteiger partial charge in [-0.1, -0.05) is 86.0 Å². The lowest BCUT2D eigenvalue weighted by Gasteiger charge is -2.23. The maximum Gasteiger partial charge on any atom is 0.305 e. The van der Waals surface area contributed by atoms with Crippen molar-refractivity contribution < 1.29 is 9.53 Å². The smallest absolute Gasteiger partial charge is 0.305 e. The van der Waals surface area contributed by atoms with Crippen molar-refractivity contribution in [2.24, 2.45) is 17.8 Å². The first-order valence-corrected chi connectivity index (χ1v) is 10.2. The summed E-state index contributed by atoms with van der Waals surface area (Å²) in [5, 5.41) is 0. The van der Waals surface area contributed by atoms with Gasteiger partial charge < -0.3 is 4.74 Å². The van der Waals surface area contributed by atoms with E-state index in [2.05, 4.69) is 34.6 Å². The van der Waals surface area contributed by atoms with E-state index in [1.54, 1.807) is 0 Å². The number of hydrogen-bond acceptors (Lipinski definition) is 2. The Hall–Kier alpha value is -0.530. The van der Waals surface area contributed by atoms with Crippen LogP contribution >= 0.6 is 0 Å². The number of ether oxygens (including phenoxy) is 1. The predicted octanol–water partition coefficient (Wildman–Crippen LogP) is 6.77. The van der Waals surface area contributed by atoms with Crippen LogP contribution in [0.5, 0.6) is 0 Å². The average molecular weight is 327 g/mol. The van der Waals surface area contributed by atoms with Gasteiger partial charge >= 0.3 is 5.97 Å². The molecule has 0 N–H and O–H groups in total. The summed E-state index contributed by atoms with van der Waals surface area (Å²) in [6, 6.07) is 0. The molecule has 2 atom stereocenters. The summed E-state index contributed by atoms with van der Waals surface area (Å²) in [5.74, 6) is 2.02. The van der Waals surface area contributed by atoms with Crippen LogP contribution in [0, 0.1) is 17.8 Å². The number of hydrogen-bond donors (Lipinski definition) is 0. The number of carbonyl (C=O) groups is 1. The Labute approximate surface area is 145 Å². The first kappa shape index (κ1) is 22.5. The van der Waals surface area contributed by atoms with Crippen molar-refractivity contribution in [2.45, 2.75) is 105 Å². The molecule has 0 aliphatic rings. The molecular weight excluding hydrogens is 284 g/mol. The number of unbranched alkanes of at least 4 members (excludes halogenated alkanes) is 4. The fourth-order valence-electron chi connectivity index (χ4n) is 3.11. The van der Waals surface area contributed by atoms with Crippen LogP contribution in [0.1, 0.15) is 105 Å². The van der Waals surface area contributed by atoms with Gasteiger partial charge in [0.1, 0.15) is 0 Å². The Kier molecular flexibility index (Phi) is 14.7. The molecule has 0 bridgehead atoms. The second-order valence-corrected chi connectivity index (χ2v) is 7.70. The lowest BCUT2D eigenvalue weighted by atomic mass is 9.87. The second-order valence-electron chi connectivity index (χ2n) is 7.70. The van der Waals surface area contributed by atoms with Crippen molar-refractivity contribution >= 4 is 5.97 Å². The SMILES string of the molecule is CCCCC(C)C(CCC)COC(=O)CCCCCCC(C)C. The highest BCUT2D eigenvalue weighted by Crippen LogP contribution is 2.23. The first-order chi connectivity index (χ1) is 11.0. The first-order valence-electron chi connectivity index (χ1n) is 10.2. The minimum Gasteiger partial charge on any atom is -0.465 e.